The fourth-order valence-electron chi connectivity index (χ4n) is 3.25. The van der Waals surface area contributed by atoms with Gasteiger partial charge in [0.05, 0.1) is 18.9 Å². The molecule has 0 bridgehead atoms. The molecule has 2 heterocycles. The fourth-order valence-corrected chi connectivity index (χ4v) is 3.25. The highest BCUT2D eigenvalue weighted by Gasteiger charge is 2.36. The van der Waals surface area contributed by atoms with E-state index in [0.717, 1.165) is 0 Å². The van der Waals surface area contributed by atoms with Gasteiger partial charge < -0.3 is 24.4 Å². The fraction of sp³-hybridized carbons (Fsp3) is 0.273. The van der Waals surface area contributed by atoms with Crippen molar-refractivity contribution in [3.8, 4) is 17.4 Å². The van der Waals surface area contributed by atoms with Crippen LogP contribution >= 0.6 is 0 Å². The molecular formula is C22H19F5N4O3. The number of anilines is 3. The maximum Gasteiger partial charge on any atom is 0.423 e. The molecule has 1 aromatic heterocycles. The van der Waals surface area contributed by atoms with E-state index in [2.05, 4.69) is 20.0 Å². The zero-order valence-electron chi connectivity index (χ0n) is 17.6. The molecular weight excluding hydrogens is 463 g/mol. The van der Waals surface area contributed by atoms with Gasteiger partial charge >= 0.3 is 12.8 Å². The number of aromatic nitrogens is 2. The van der Waals surface area contributed by atoms with Crippen molar-refractivity contribution in [1.29, 1.82) is 0 Å². The lowest BCUT2D eigenvalue weighted by molar-refractivity contribution is -0.139. The number of benzene rings is 2. The van der Waals surface area contributed by atoms with Crippen molar-refractivity contribution in [3.05, 3.63) is 60.3 Å². The van der Waals surface area contributed by atoms with Gasteiger partial charge in [-0.25, -0.2) is 4.98 Å². The van der Waals surface area contributed by atoms with Crippen LogP contribution in [0.15, 0.2) is 54.7 Å². The van der Waals surface area contributed by atoms with E-state index in [9.17, 15) is 22.0 Å². The molecule has 0 amide bonds. The minimum absolute atomic E-state index is 0.0442. The number of nitrogens with zero attached hydrogens (tertiary/aromatic N) is 3. The van der Waals surface area contributed by atoms with E-state index in [0.29, 0.717) is 38.2 Å². The van der Waals surface area contributed by atoms with Crippen LogP contribution in [0.4, 0.5) is 39.3 Å². The normalized spacial score (nSPS) is 14.2. The number of para-hydroxylation sites is 1. The predicted octanol–water partition coefficient (Wildman–Crippen LogP) is 5.47. The molecule has 1 aliphatic heterocycles. The molecule has 34 heavy (non-hydrogen) atoms. The molecule has 3 aromatic rings. The van der Waals surface area contributed by atoms with Crippen molar-refractivity contribution in [2.24, 2.45) is 0 Å². The number of morpholine rings is 1. The van der Waals surface area contributed by atoms with E-state index in [1.165, 1.54) is 24.3 Å². The Morgan fingerprint density at radius 1 is 1.03 bits per heavy atom. The van der Waals surface area contributed by atoms with Crippen molar-refractivity contribution in [3.63, 3.8) is 0 Å². The molecule has 0 saturated carbocycles. The van der Waals surface area contributed by atoms with E-state index in [1.807, 2.05) is 4.90 Å². The van der Waals surface area contributed by atoms with E-state index in [4.69, 9.17) is 9.47 Å². The second kappa shape index (κ2) is 10.1. The quantitative estimate of drug-likeness (QED) is 0.448. The van der Waals surface area contributed by atoms with Crippen molar-refractivity contribution >= 4 is 17.3 Å². The standard InChI is InChI=1S/C22H19F5N4O3/c23-20(24)34-18-12-14(31-8-10-32-11-9-31)6-7-17(18)29-21-28-13-16(22(25,26)27)19(30-21)33-15-4-2-1-3-5-15/h1-7,12-13,20H,8-11H2,(H,28,29,30). The molecule has 2 aromatic carbocycles. The van der Waals surface area contributed by atoms with Gasteiger partial charge in [-0.1, -0.05) is 18.2 Å². The summed E-state index contributed by atoms with van der Waals surface area (Å²) >= 11 is 0. The minimum Gasteiger partial charge on any atom is -0.438 e. The smallest absolute Gasteiger partial charge is 0.423 e. The Hall–Kier alpha value is -3.67. The van der Waals surface area contributed by atoms with E-state index < -0.39 is 24.2 Å². The first-order valence-corrected chi connectivity index (χ1v) is 10.2. The third-order valence-electron chi connectivity index (χ3n) is 4.82. The SMILES string of the molecule is FC(F)Oc1cc(N2CCOCC2)ccc1Nc1ncc(C(F)(F)F)c(Oc2ccccc2)n1. The zero-order valence-corrected chi connectivity index (χ0v) is 17.6. The van der Waals surface area contributed by atoms with Gasteiger partial charge in [0.2, 0.25) is 11.8 Å². The first kappa shape index (κ1) is 23.5. The lowest BCUT2D eigenvalue weighted by Crippen LogP contribution is -2.36. The number of hydrogen-bond donors (Lipinski definition) is 1. The molecule has 0 radical (unpaired) electrons. The maximum absolute atomic E-state index is 13.4. The Labute approximate surface area is 191 Å². The van der Waals surface area contributed by atoms with Crippen molar-refractivity contribution in [2.75, 3.05) is 36.5 Å². The number of halogens is 5. The third kappa shape index (κ3) is 5.81. The summed E-state index contributed by atoms with van der Waals surface area (Å²) in [4.78, 5) is 9.45. The van der Waals surface area contributed by atoms with Gasteiger partial charge in [-0.05, 0) is 24.3 Å². The van der Waals surface area contributed by atoms with Gasteiger partial charge in [-0.15, -0.1) is 0 Å². The lowest BCUT2D eigenvalue weighted by atomic mass is 10.2. The Morgan fingerprint density at radius 2 is 1.76 bits per heavy atom. The maximum atomic E-state index is 13.4. The average molecular weight is 482 g/mol. The second-order valence-corrected chi connectivity index (χ2v) is 7.11. The van der Waals surface area contributed by atoms with Gasteiger partial charge in [-0.2, -0.15) is 26.9 Å². The van der Waals surface area contributed by atoms with Crippen LogP contribution in [0.25, 0.3) is 0 Å². The van der Waals surface area contributed by atoms with Crippen LogP contribution in [0.2, 0.25) is 0 Å². The van der Waals surface area contributed by atoms with Crippen LogP contribution in [-0.4, -0.2) is 42.9 Å². The number of alkyl halides is 5. The molecule has 4 rings (SSSR count). The molecule has 7 nitrogen and oxygen atoms in total. The summed E-state index contributed by atoms with van der Waals surface area (Å²) < 4.78 is 81.7. The second-order valence-electron chi connectivity index (χ2n) is 7.11. The van der Waals surface area contributed by atoms with Gasteiger partial charge in [-0.3, -0.25) is 0 Å². The van der Waals surface area contributed by atoms with Crippen LogP contribution in [0, 0.1) is 0 Å². The van der Waals surface area contributed by atoms with Crippen LogP contribution in [-0.2, 0) is 10.9 Å². The monoisotopic (exact) mass is 482 g/mol. The molecule has 1 fully saturated rings. The van der Waals surface area contributed by atoms with E-state index in [1.54, 1.807) is 24.3 Å². The topological polar surface area (TPSA) is 68.7 Å². The van der Waals surface area contributed by atoms with E-state index >= 15 is 0 Å². The van der Waals surface area contributed by atoms with Crippen LogP contribution < -0.4 is 19.7 Å². The number of nitrogens with one attached hydrogen (secondary N) is 1. The highest BCUT2D eigenvalue weighted by atomic mass is 19.4. The molecule has 1 N–H and O–H groups in total. The first-order valence-electron chi connectivity index (χ1n) is 10.2. The lowest BCUT2D eigenvalue weighted by Gasteiger charge is -2.29. The predicted molar refractivity (Wildman–Crippen MR) is 113 cm³/mol. The molecule has 180 valence electrons. The van der Waals surface area contributed by atoms with Gasteiger partial charge in [0.15, 0.2) is 5.75 Å². The Bertz CT molecular complexity index is 1110. The number of ether oxygens (including phenoxy) is 3. The van der Waals surface area contributed by atoms with Crippen molar-refractivity contribution in [1.82, 2.24) is 9.97 Å². The highest BCUT2D eigenvalue weighted by Crippen LogP contribution is 2.38. The average Bonchev–Trinajstić information content (AvgIpc) is 2.80. The first-order chi connectivity index (χ1) is 16.3. The Kier molecular flexibility index (Phi) is 6.96. The van der Waals surface area contributed by atoms with Gasteiger partial charge in [0.1, 0.15) is 11.3 Å². The Morgan fingerprint density at radius 3 is 2.44 bits per heavy atom. The van der Waals surface area contributed by atoms with Crippen LogP contribution in [0.3, 0.4) is 0 Å². The van der Waals surface area contributed by atoms with Crippen LogP contribution in [0.5, 0.6) is 17.4 Å². The summed E-state index contributed by atoms with van der Waals surface area (Å²) in [5, 5.41) is 2.64. The van der Waals surface area contributed by atoms with Crippen LogP contribution in [0.1, 0.15) is 5.56 Å². The molecule has 1 saturated heterocycles. The molecule has 0 aliphatic carbocycles. The highest BCUT2D eigenvalue weighted by molar-refractivity contribution is 5.68. The third-order valence-corrected chi connectivity index (χ3v) is 4.82. The summed E-state index contributed by atoms with van der Waals surface area (Å²) in [5.41, 5.74) is -0.512. The van der Waals surface area contributed by atoms with Crippen molar-refractivity contribution < 1.29 is 36.2 Å². The zero-order chi connectivity index (χ0) is 24.1. The summed E-state index contributed by atoms with van der Waals surface area (Å²) in [6, 6.07) is 12.3. The summed E-state index contributed by atoms with van der Waals surface area (Å²) in [5.74, 6) is -1.11. The van der Waals surface area contributed by atoms with Crippen molar-refractivity contribution in [2.45, 2.75) is 12.8 Å². The summed E-state index contributed by atoms with van der Waals surface area (Å²) in [6.07, 6.45) is -4.21. The number of hydrogen-bond acceptors (Lipinski definition) is 7. The summed E-state index contributed by atoms with van der Waals surface area (Å²) in [6.45, 7) is -0.985. The molecule has 0 atom stereocenters. The van der Waals surface area contributed by atoms with E-state index in [-0.39, 0.29) is 23.1 Å². The van der Waals surface area contributed by atoms with Gasteiger partial charge in [0, 0.05) is 31.0 Å². The number of rotatable bonds is 7. The van der Waals surface area contributed by atoms with Gasteiger partial charge in [0.25, 0.3) is 0 Å². The molecule has 1 aliphatic rings. The largest absolute Gasteiger partial charge is 0.438 e. The Balaban J connectivity index is 1.64. The molecule has 0 spiro atoms. The summed E-state index contributed by atoms with van der Waals surface area (Å²) in [7, 11) is 0. The minimum atomic E-state index is -4.77. The molecule has 0 unspecified atom stereocenters. The molecule has 12 heteroatoms.